The fourth-order valence-corrected chi connectivity index (χ4v) is 4.11. The van der Waals surface area contributed by atoms with Crippen molar-refractivity contribution in [1.82, 2.24) is 9.88 Å². The van der Waals surface area contributed by atoms with Gasteiger partial charge in [-0.1, -0.05) is 25.1 Å². The summed E-state index contributed by atoms with van der Waals surface area (Å²) in [6.45, 7) is 2.34. The van der Waals surface area contributed by atoms with E-state index in [0.29, 0.717) is 24.4 Å². The van der Waals surface area contributed by atoms with Crippen LogP contribution in [0, 0.1) is 5.92 Å². The number of carbonyl (C=O) groups is 1. The van der Waals surface area contributed by atoms with Crippen molar-refractivity contribution in [2.45, 2.75) is 64.0 Å². The number of rotatable bonds is 4. The highest BCUT2D eigenvalue weighted by molar-refractivity contribution is 5.89. The molecule has 0 saturated heterocycles. The molecular formula is C20H26N2O. The number of H-pyrrole nitrogens is 1. The van der Waals surface area contributed by atoms with Crippen LogP contribution in [0.3, 0.4) is 0 Å². The van der Waals surface area contributed by atoms with Gasteiger partial charge in [0.2, 0.25) is 5.91 Å². The molecule has 1 aromatic carbocycles. The van der Waals surface area contributed by atoms with Crippen LogP contribution in [0.4, 0.5) is 0 Å². The number of benzene rings is 1. The predicted octanol–water partition coefficient (Wildman–Crippen LogP) is 4.28. The maximum absolute atomic E-state index is 13.0. The van der Waals surface area contributed by atoms with E-state index >= 15 is 0 Å². The summed E-state index contributed by atoms with van der Waals surface area (Å²) in [7, 11) is 0. The van der Waals surface area contributed by atoms with Crippen LogP contribution < -0.4 is 0 Å². The number of para-hydroxylation sites is 1. The van der Waals surface area contributed by atoms with Gasteiger partial charge in [-0.3, -0.25) is 4.79 Å². The van der Waals surface area contributed by atoms with Crippen LogP contribution in [0.2, 0.25) is 0 Å². The van der Waals surface area contributed by atoms with E-state index in [4.69, 9.17) is 0 Å². The molecule has 1 aromatic heterocycles. The largest absolute Gasteiger partial charge is 0.361 e. The summed E-state index contributed by atoms with van der Waals surface area (Å²) in [5.41, 5.74) is 2.26. The molecule has 2 aromatic rings. The molecule has 0 aliphatic heterocycles. The Hall–Kier alpha value is -1.77. The van der Waals surface area contributed by atoms with Crippen LogP contribution in [0.15, 0.2) is 30.5 Å². The lowest BCUT2D eigenvalue weighted by Crippen LogP contribution is -2.44. The summed E-state index contributed by atoms with van der Waals surface area (Å²) < 4.78 is 0. The molecule has 4 rings (SSSR count). The Kier molecular flexibility index (Phi) is 3.88. The number of hydrogen-bond acceptors (Lipinski definition) is 1. The SMILES string of the molecule is CC1CCC(N(C(=O)Cc2c[nH]c3ccccc23)C2CC2)CC1. The molecule has 2 aliphatic rings. The van der Waals surface area contributed by atoms with Gasteiger partial charge in [-0.2, -0.15) is 0 Å². The van der Waals surface area contributed by atoms with Gasteiger partial charge < -0.3 is 9.88 Å². The van der Waals surface area contributed by atoms with E-state index in [1.165, 1.54) is 43.9 Å². The molecule has 122 valence electrons. The minimum atomic E-state index is 0.330. The lowest BCUT2D eigenvalue weighted by Gasteiger charge is -2.36. The van der Waals surface area contributed by atoms with E-state index in [9.17, 15) is 4.79 Å². The lowest BCUT2D eigenvalue weighted by molar-refractivity contribution is -0.134. The molecule has 0 unspecified atom stereocenters. The van der Waals surface area contributed by atoms with Crippen LogP contribution in [0.5, 0.6) is 0 Å². The van der Waals surface area contributed by atoms with Crippen molar-refractivity contribution >= 4 is 16.8 Å². The van der Waals surface area contributed by atoms with Crippen LogP contribution in [0.25, 0.3) is 10.9 Å². The summed E-state index contributed by atoms with van der Waals surface area (Å²) in [5.74, 6) is 1.16. The van der Waals surface area contributed by atoms with Crippen molar-refractivity contribution in [3.63, 3.8) is 0 Å². The maximum atomic E-state index is 13.0. The second kappa shape index (κ2) is 6.03. The molecule has 3 heteroatoms. The Bertz CT molecular complexity index is 692. The Labute approximate surface area is 138 Å². The van der Waals surface area contributed by atoms with Crippen LogP contribution >= 0.6 is 0 Å². The van der Waals surface area contributed by atoms with Gasteiger partial charge in [0, 0.05) is 29.2 Å². The number of nitrogens with one attached hydrogen (secondary N) is 1. The number of carbonyl (C=O) groups excluding carboxylic acids is 1. The topological polar surface area (TPSA) is 36.1 Å². The minimum Gasteiger partial charge on any atom is -0.361 e. The van der Waals surface area contributed by atoms with Gasteiger partial charge in [-0.25, -0.2) is 0 Å². The third kappa shape index (κ3) is 3.01. The molecule has 0 spiro atoms. The molecular weight excluding hydrogens is 284 g/mol. The van der Waals surface area contributed by atoms with Crippen LogP contribution in [0.1, 0.15) is 51.0 Å². The van der Waals surface area contributed by atoms with Gasteiger partial charge in [0.25, 0.3) is 0 Å². The zero-order chi connectivity index (χ0) is 15.8. The highest BCUT2D eigenvalue weighted by Crippen LogP contribution is 2.36. The van der Waals surface area contributed by atoms with Crippen molar-refractivity contribution in [3.05, 3.63) is 36.0 Å². The molecule has 2 saturated carbocycles. The van der Waals surface area contributed by atoms with E-state index in [0.717, 1.165) is 17.0 Å². The van der Waals surface area contributed by atoms with Crippen molar-refractivity contribution in [2.75, 3.05) is 0 Å². The van der Waals surface area contributed by atoms with Gasteiger partial charge >= 0.3 is 0 Å². The number of aromatic nitrogens is 1. The second-order valence-electron chi connectivity index (χ2n) is 7.48. The average molecular weight is 310 g/mol. The van der Waals surface area contributed by atoms with Crippen molar-refractivity contribution in [3.8, 4) is 0 Å². The lowest BCUT2D eigenvalue weighted by atomic mass is 9.86. The Morgan fingerprint density at radius 2 is 1.74 bits per heavy atom. The monoisotopic (exact) mass is 310 g/mol. The Morgan fingerprint density at radius 3 is 2.43 bits per heavy atom. The minimum absolute atomic E-state index is 0.330. The molecule has 0 bridgehead atoms. The molecule has 2 fully saturated rings. The summed E-state index contributed by atoms with van der Waals surface area (Å²) >= 11 is 0. The first-order valence-corrected chi connectivity index (χ1v) is 9.08. The molecule has 1 N–H and O–H groups in total. The van der Waals surface area contributed by atoms with E-state index in [-0.39, 0.29) is 0 Å². The first-order valence-electron chi connectivity index (χ1n) is 9.08. The third-order valence-electron chi connectivity index (χ3n) is 5.62. The quantitative estimate of drug-likeness (QED) is 0.899. The summed E-state index contributed by atoms with van der Waals surface area (Å²) in [6, 6.07) is 9.26. The summed E-state index contributed by atoms with van der Waals surface area (Å²) in [5, 5.41) is 1.19. The van der Waals surface area contributed by atoms with Crippen LogP contribution in [-0.2, 0) is 11.2 Å². The maximum Gasteiger partial charge on any atom is 0.227 e. The number of hydrogen-bond donors (Lipinski definition) is 1. The highest BCUT2D eigenvalue weighted by atomic mass is 16.2. The third-order valence-corrected chi connectivity index (χ3v) is 5.62. The van der Waals surface area contributed by atoms with E-state index in [1.807, 2.05) is 18.3 Å². The number of aromatic amines is 1. The van der Waals surface area contributed by atoms with Gasteiger partial charge in [0.15, 0.2) is 0 Å². The molecule has 23 heavy (non-hydrogen) atoms. The van der Waals surface area contributed by atoms with Crippen molar-refractivity contribution in [2.24, 2.45) is 5.92 Å². The zero-order valence-corrected chi connectivity index (χ0v) is 13.9. The number of amides is 1. The average Bonchev–Trinajstić information content (AvgIpc) is 3.31. The van der Waals surface area contributed by atoms with Crippen molar-refractivity contribution < 1.29 is 4.79 Å². The normalized spacial score (nSPS) is 24.7. The smallest absolute Gasteiger partial charge is 0.227 e. The first kappa shape index (κ1) is 14.8. The number of fused-ring (bicyclic) bond motifs is 1. The molecule has 0 radical (unpaired) electrons. The standard InChI is InChI=1S/C20H26N2O/c1-14-6-8-16(9-7-14)22(17-10-11-17)20(23)12-15-13-21-19-5-3-2-4-18(15)19/h2-5,13-14,16-17,21H,6-12H2,1H3. The zero-order valence-electron chi connectivity index (χ0n) is 13.9. The molecule has 1 heterocycles. The fourth-order valence-electron chi connectivity index (χ4n) is 4.11. The molecule has 1 amide bonds. The second-order valence-corrected chi connectivity index (χ2v) is 7.48. The highest BCUT2D eigenvalue weighted by Gasteiger charge is 2.38. The van der Waals surface area contributed by atoms with E-state index < -0.39 is 0 Å². The van der Waals surface area contributed by atoms with E-state index in [2.05, 4.69) is 28.9 Å². The summed E-state index contributed by atoms with van der Waals surface area (Å²) in [4.78, 5) is 18.6. The molecule has 2 aliphatic carbocycles. The number of nitrogens with zero attached hydrogens (tertiary/aromatic N) is 1. The van der Waals surface area contributed by atoms with Gasteiger partial charge in [-0.15, -0.1) is 0 Å². The predicted molar refractivity (Wildman–Crippen MR) is 93.3 cm³/mol. The Morgan fingerprint density at radius 1 is 1.09 bits per heavy atom. The first-order chi connectivity index (χ1) is 11.2. The van der Waals surface area contributed by atoms with Gasteiger partial charge in [-0.05, 0) is 56.1 Å². The summed E-state index contributed by atoms with van der Waals surface area (Å²) in [6.07, 6.45) is 9.87. The fraction of sp³-hybridized carbons (Fsp3) is 0.550. The molecule has 0 atom stereocenters. The van der Waals surface area contributed by atoms with Gasteiger partial charge in [0.05, 0.1) is 6.42 Å². The Balaban J connectivity index is 1.52. The molecule has 3 nitrogen and oxygen atoms in total. The van der Waals surface area contributed by atoms with E-state index in [1.54, 1.807) is 0 Å². The van der Waals surface area contributed by atoms with Gasteiger partial charge in [0.1, 0.15) is 0 Å². The van der Waals surface area contributed by atoms with Crippen LogP contribution in [-0.4, -0.2) is 27.9 Å². The van der Waals surface area contributed by atoms with Crippen molar-refractivity contribution in [1.29, 1.82) is 0 Å².